The van der Waals surface area contributed by atoms with Crippen molar-refractivity contribution in [1.82, 2.24) is 4.90 Å². The number of thioether (sulfide) groups is 1. The van der Waals surface area contributed by atoms with E-state index in [4.69, 9.17) is 39.8 Å². The van der Waals surface area contributed by atoms with Crippen molar-refractivity contribution in [3.05, 3.63) is 51.0 Å². The van der Waals surface area contributed by atoms with Crippen LogP contribution >= 0.6 is 47.2 Å². The molecule has 1 saturated heterocycles. The van der Waals surface area contributed by atoms with E-state index in [1.165, 1.54) is 4.90 Å². The monoisotopic (exact) mass is 469 g/mol. The first-order chi connectivity index (χ1) is 13.8. The van der Waals surface area contributed by atoms with Crippen LogP contribution in [-0.2, 0) is 9.59 Å². The second kappa shape index (κ2) is 9.34. The van der Waals surface area contributed by atoms with Gasteiger partial charge < -0.3 is 9.52 Å². The predicted octanol–water partition coefficient (Wildman–Crippen LogP) is 6.10. The summed E-state index contributed by atoms with van der Waals surface area (Å²) in [5.41, 5.74) is 0.747. The quantitative estimate of drug-likeness (QED) is 0.390. The van der Waals surface area contributed by atoms with Crippen LogP contribution in [0.15, 0.2) is 39.7 Å². The molecule has 0 aliphatic carbocycles. The number of carbonyl (C=O) groups is 2. The molecule has 1 fully saturated rings. The molecule has 0 bridgehead atoms. The molecule has 1 atom stereocenters. The molecule has 9 heteroatoms. The van der Waals surface area contributed by atoms with E-state index in [0.29, 0.717) is 39.3 Å². The average molecular weight is 470 g/mol. The maximum atomic E-state index is 12.8. The van der Waals surface area contributed by atoms with Gasteiger partial charge >= 0.3 is 5.97 Å². The van der Waals surface area contributed by atoms with Gasteiger partial charge in [0.25, 0.3) is 5.91 Å². The Morgan fingerprint density at radius 3 is 2.72 bits per heavy atom. The second-order valence-corrected chi connectivity index (χ2v) is 8.87. The molecule has 5 nitrogen and oxygen atoms in total. The Morgan fingerprint density at radius 2 is 2.07 bits per heavy atom. The van der Waals surface area contributed by atoms with Crippen LogP contribution in [0, 0.1) is 0 Å². The Kier molecular flexibility index (Phi) is 7.05. The molecule has 0 saturated carbocycles. The van der Waals surface area contributed by atoms with Gasteiger partial charge in [0.2, 0.25) is 0 Å². The van der Waals surface area contributed by atoms with Gasteiger partial charge in [-0.1, -0.05) is 66.9 Å². The molecule has 1 N–H and O–H groups in total. The summed E-state index contributed by atoms with van der Waals surface area (Å²) in [6.07, 6.45) is 3.45. The first-order valence-corrected chi connectivity index (χ1v) is 10.8. The molecule has 1 unspecified atom stereocenters. The number of carboxylic acids is 1. The Labute approximate surface area is 187 Å². The van der Waals surface area contributed by atoms with E-state index >= 15 is 0 Å². The molecule has 2 aromatic rings. The van der Waals surface area contributed by atoms with Crippen molar-refractivity contribution >= 4 is 69.5 Å². The number of rotatable bonds is 7. The third-order valence-electron chi connectivity index (χ3n) is 4.36. The van der Waals surface area contributed by atoms with E-state index in [2.05, 4.69) is 0 Å². The fourth-order valence-electron chi connectivity index (χ4n) is 2.87. The zero-order chi connectivity index (χ0) is 21.1. The molecule has 0 radical (unpaired) electrons. The highest BCUT2D eigenvalue weighted by Gasteiger charge is 2.40. The van der Waals surface area contributed by atoms with Crippen molar-refractivity contribution in [3.8, 4) is 11.3 Å². The van der Waals surface area contributed by atoms with Gasteiger partial charge in [-0.25, -0.2) is 4.79 Å². The van der Waals surface area contributed by atoms with Crippen LogP contribution in [0.5, 0.6) is 0 Å². The lowest BCUT2D eigenvalue weighted by Crippen LogP contribution is -2.43. The number of hydrogen-bond acceptors (Lipinski definition) is 5. The number of halogens is 2. The molecule has 1 aliphatic rings. The van der Waals surface area contributed by atoms with Gasteiger partial charge in [-0.15, -0.1) is 0 Å². The van der Waals surface area contributed by atoms with Gasteiger partial charge in [-0.3, -0.25) is 9.69 Å². The number of aliphatic carboxylic acids is 1. The molecule has 152 valence electrons. The summed E-state index contributed by atoms with van der Waals surface area (Å²) in [5, 5.41) is 10.4. The van der Waals surface area contributed by atoms with E-state index in [-0.39, 0.29) is 4.32 Å². The normalized spacial score (nSPS) is 16.7. The number of furan rings is 1. The summed E-state index contributed by atoms with van der Waals surface area (Å²) in [5.74, 6) is -0.462. The molecule has 1 aliphatic heterocycles. The summed E-state index contributed by atoms with van der Waals surface area (Å²) in [6, 6.07) is 7.66. The summed E-state index contributed by atoms with van der Waals surface area (Å²) in [4.78, 5) is 26.0. The number of thiocarbonyl (C=S) groups is 1. The average Bonchev–Trinajstić information content (AvgIpc) is 3.24. The van der Waals surface area contributed by atoms with Crippen LogP contribution < -0.4 is 0 Å². The fraction of sp³-hybridized carbons (Fsp3) is 0.250. The highest BCUT2D eigenvalue weighted by molar-refractivity contribution is 8.26. The van der Waals surface area contributed by atoms with Gasteiger partial charge in [-0.05, 0) is 36.8 Å². The highest BCUT2D eigenvalue weighted by atomic mass is 35.5. The minimum absolute atomic E-state index is 0.237. The smallest absolute Gasteiger partial charge is 0.326 e. The fourth-order valence-corrected chi connectivity index (χ4v) is 4.51. The number of carboxylic acid groups (broad SMARTS) is 1. The lowest BCUT2D eigenvalue weighted by atomic mass is 10.1. The van der Waals surface area contributed by atoms with E-state index in [1.54, 1.807) is 36.4 Å². The molecule has 1 aromatic carbocycles. The van der Waals surface area contributed by atoms with Crippen molar-refractivity contribution in [3.63, 3.8) is 0 Å². The first-order valence-electron chi connectivity index (χ1n) is 8.87. The van der Waals surface area contributed by atoms with Gasteiger partial charge in [0.05, 0.1) is 15.0 Å². The lowest BCUT2D eigenvalue weighted by Gasteiger charge is -2.22. The predicted molar refractivity (Wildman–Crippen MR) is 120 cm³/mol. The lowest BCUT2D eigenvalue weighted by molar-refractivity contribution is -0.145. The number of benzene rings is 1. The van der Waals surface area contributed by atoms with E-state index < -0.39 is 17.9 Å². The molecule has 3 rings (SSSR count). The van der Waals surface area contributed by atoms with Crippen molar-refractivity contribution < 1.29 is 19.1 Å². The van der Waals surface area contributed by atoms with Crippen LogP contribution in [0.4, 0.5) is 0 Å². The number of unbranched alkanes of at least 4 members (excludes halogenated alkanes) is 1. The van der Waals surface area contributed by atoms with Crippen LogP contribution in [0.1, 0.15) is 31.9 Å². The maximum Gasteiger partial charge on any atom is 0.326 e. The molecule has 0 spiro atoms. The molecular weight excluding hydrogens is 453 g/mol. The Balaban J connectivity index is 1.83. The first kappa shape index (κ1) is 21.9. The molecular formula is C20H17Cl2NO4S2. The van der Waals surface area contributed by atoms with Crippen LogP contribution in [-0.4, -0.2) is 32.2 Å². The van der Waals surface area contributed by atoms with Gasteiger partial charge in [0.15, 0.2) is 0 Å². The van der Waals surface area contributed by atoms with Crippen molar-refractivity contribution in [2.24, 2.45) is 0 Å². The molecule has 1 amide bonds. The Morgan fingerprint density at radius 1 is 1.31 bits per heavy atom. The standard InChI is InChI=1S/C20H17Cl2NO4S2/c1-2-3-4-15(19(25)26)23-18(24)17(29-20(23)28)10-12-6-8-16(27-12)11-5-7-13(21)14(22)9-11/h5-10,15H,2-4H2,1H3,(H,25,26). The zero-order valence-electron chi connectivity index (χ0n) is 15.4. The number of carbonyl (C=O) groups excluding carboxylic acids is 1. The SMILES string of the molecule is CCCCC(C(=O)O)N1C(=O)C(=Cc2ccc(-c3ccc(Cl)c(Cl)c3)o2)SC1=S. The topological polar surface area (TPSA) is 70.8 Å². The van der Waals surface area contributed by atoms with Crippen LogP contribution in [0.25, 0.3) is 17.4 Å². The molecule has 29 heavy (non-hydrogen) atoms. The molecule has 2 heterocycles. The Bertz CT molecular complexity index is 1000. The largest absolute Gasteiger partial charge is 0.480 e. The van der Waals surface area contributed by atoms with Gasteiger partial charge in [0.1, 0.15) is 21.9 Å². The third kappa shape index (κ3) is 4.86. The summed E-state index contributed by atoms with van der Waals surface area (Å²) < 4.78 is 6.03. The summed E-state index contributed by atoms with van der Waals surface area (Å²) >= 11 is 18.3. The minimum atomic E-state index is -1.06. The maximum absolute atomic E-state index is 12.8. The van der Waals surface area contributed by atoms with Crippen molar-refractivity contribution in [1.29, 1.82) is 0 Å². The zero-order valence-corrected chi connectivity index (χ0v) is 18.5. The van der Waals surface area contributed by atoms with E-state index in [0.717, 1.165) is 23.7 Å². The van der Waals surface area contributed by atoms with Gasteiger partial charge in [0, 0.05) is 11.6 Å². The third-order valence-corrected chi connectivity index (χ3v) is 6.43. The van der Waals surface area contributed by atoms with E-state index in [1.807, 2.05) is 6.92 Å². The summed E-state index contributed by atoms with van der Waals surface area (Å²) in [7, 11) is 0. The van der Waals surface area contributed by atoms with Crippen LogP contribution in [0.3, 0.4) is 0 Å². The van der Waals surface area contributed by atoms with Crippen molar-refractivity contribution in [2.75, 3.05) is 0 Å². The number of hydrogen-bond donors (Lipinski definition) is 1. The van der Waals surface area contributed by atoms with Gasteiger partial charge in [-0.2, -0.15) is 0 Å². The minimum Gasteiger partial charge on any atom is -0.480 e. The van der Waals surface area contributed by atoms with E-state index in [9.17, 15) is 14.7 Å². The number of amides is 1. The summed E-state index contributed by atoms with van der Waals surface area (Å²) in [6.45, 7) is 1.96. The molecule has 1 aromatic heterocycles. The second-order valence-electron chi connectivity index (χ2n) is 6.38. The highest BCUT2D eigenvalue weighted by Crippen LogP contribution is 2.36. The van der Waals surface area contributed by atoms with Crippen molar-refractivity contribution in [2.45, 2.75) is 32.2 Å². The number of nitrogens with zero attached hydrogens (tertiary/aromatic N) is 1. The Hall–Kier alpha value is -1.80. The van der Waals surface area contributed by atoms with Crippen LogP contribution in [0.2, 0.25) is 10.0 Å².